The van der Waals surface area contributed by atoms with E-state index in [1.54, 1.807) is 6.92 Å². The molecule has 1 heterocycles. The number of nitrogens with one attached hydrogen (secondary N) is 1. The smallest absolute Gasteiger partial charge is 0.239 e. The Morgan fingerprint density at radius 3 is 2.64 bits per heavy atom. The molecule has 0 saturated heterocycles. The molecule has 0 bridgehead atoms. The van der Waals surface area contributed by atoms with Gasteiger partial charge in [0.2, 0.25) is 11.9 Å². The first-order valence-electron chi connectivity index (χ1n) is 3.95. The summed E-state index contributed by atoms with van der Waals surface area (Å²) in [5.74, 6) is 0.169. The van der Waals surface area contributed by atoms with Crippen molar-refractivity contribution in [3.63, 3.8) is 0 Å². The van der Waals surface area contributed by atoms with E-state index in [0.717, 1.165) is 0 Å². The minimum absolute atomic E-state index is 0.0455. The monoisotopic (exact) mass is 196 g/mol. The average molecular weight is 196 g/mol. The number of hydrogen-bond donors (Lipinski definition) is 4. The maximum absolute atomic E-state index is 10.7. The van der Waals surface area contributed by atoms with Crippen molar-refractivity contribution in [1.29, 1.82) is 0 Å². The van der Waals surface area contributed by atoms with Gasteiger partial charge in [0.1, 0.15) is 17.7 Å². The Morgan fingerprint density at radius 2 is 2.14 bits per heavy atom. The maximum Gasteiger partial charge on any atom is 0.239 e. The predicted octanol–water partition coefficient (Wildman–Crippen LogP) is -1.07. The zero-order chi connectivity index (χ0) is 10.7. The molecule has 0 aliphatic heterocycles. The first-order chi connectivity index (χ1) is 6.49. The molecule has 7 N–H and O–H groups in total. The summed E-state index contributed by atoms with van der Waals surface area (Å²) in [5, 5.41) is 2.74. The molecule has 0 fully saturated rings. The fourth-order valence-corrected chi connectivity index (χ4v) is 0.852. The average Bonchev–Trinajstić information content (AvgIpc) is 2.01. The number of aromatic nitrogens is 2. The van der Waals surface area contributed by atoms with Crippen LogP contribution in [-0.4, -0.2) is 21.9 Å². The van der Waals surface area contributed by atoms with Crippen molar-refractivity contribution in [2.24, 2.45) is 5.73 Å². The summed E-state index contributed by atoms with van der Waals surface area (Å²) in [4.78, 5) is 18.2. The summed E-state index contributed by atoms with van der Waals surface area (Å²) in [7, 11) is 0. The lowest BCUT2D eigenvalue weighted by Gasteiger charge is -2.10. The fourth-order valence-electron chi connectivity index (χ4n) is 0.852. The van der Waals surface area contributed by atoms with Crippen LogP contribution in [0.5, 0.6) is 0 Å². The van der Waals surface area contributed by atoms with Crippen LogP contribution in [0.15, 0.2) is 6.07 Å². The molecule has 0 saturated carbocycles. The highest BCUT2D eigenvalue weighted by Crippen LogP contribution is 2.09. The number of primary amides is 1. The topological polar surface area (TPSA) is 133 Å². The summed E-state index contributed by atoms with van der Waals surface area (Å²) >= 11 is 0. The van der Waals surface area contributed by atoms with Crippen LogP contribution < -0.4 is 22.5 Å². The van der Waals surface area contributed by atoms with Crippen molar-refractivity contribution in [2.45, 2.75) is 13.0 Å². The molecular weight excluding hydrogens is 184 g/mol. The Morgan fingerprint density at radius 1 is 1.50 bits per heavy atom. The first-order valence-corrected chi connectivity index (χ1v) is 3.95. The molecule has 0 radical (unpaired) electrons. The van der Waals surface area contributed by atoms with Gasteiger partial charge in [-0.2, -0.15) is 9.97 Å². The largest absolute Gasteiger partial charge is 0.383 e. The van der Waals surface area contributed by atoms with Crippen LogP contribution in [0.3, 0.4) is 0 Å². The van der Waals surface area contributed by atoms with Crippen LogP contribution in [0.4, 0.5) is 17.6 Å². The van der Waals surface area contributed by atoms with Crippen molar-refractivity contribution in [3.05, 3.63) is 6.07 Å². The molecule has 1 aromatic rings. The molecule has 0 aliphatic rings. The van der Waals surface area contributed by atoms with Crippen LogP contribution in [0, 0.1) is 0 Å². The highest BCUT2D eigenvalue weighted by molar-refractivity contribution is 5.82. The Balaban J connectivity index is 2.81. The third-order valence-corrected chi connectivity index (χ3v) is 1.55. The van der Waals surface area contributed by atoms with Gasteiger partial charge in [-0.25, -0.2) is 0 Å². The van der Waals surface area contributed by atoms with E-state index in [9.17, 15) is 4.79 Å². The molecule has 1 rings (SSSR count). The second-order valence-corrected chi connectivity index (χ2v) is 2.80. The Bertz CT molecular complexity index is 332. The molecule has 0 aliphatic carbocycles. The fraction of sp³-hybridized carbons (Fsp3) is 0.286. The minimum atomic E-state index is -0.538. The molecule has 1 unspecified atom stereocenters. The van der Waals surface area contributed by atoms with Crippen molar-refractivity contribution < 1.29 is 4.79 Å². The SMILES string of the molecule is CC(Nc1cc(N)nc(N)n1)C(N)=O. The molecule has 1 aromatic heterocycles. The zero-order valence-electron chi connectivity index (χ0n) is 7.69. The number of nitrogen functional groups attached to an aromatic ring is 2. The molecular formula is C7H12N6O. The van der Waals surface area contributed by atoms with E-state index in [2.05, 4.69) is 15.3 Å². The van der Waals surface area contributed by atoms with Crippen molar-refractivity contribution >= 4 is 23.5 Å². The molecule has 1 atom stereocenters. The lowest BCUT2D eigenvalue weighted by molar-refractivity contribution is -0.118. The second-order valence-electron chi connectivity index (χ2n) is 2.80. The zero-order valence-corrected chi connectivity index (χ0v) is 7.69. The number of carbonyl (C=O) groups excluding carboxylic acids is 1. The number of nitrogens with zero attached hydrogens (tertiary/aromatic N) is 2. The van der Waals surface area contributed by atoms with Gasteiger partial charge in [-0.05, 0) is 6.92 Å². The van der Waals surface area contributed by atoms with Gasteiger partial charge in [0.25, 0.3) is 0 Å². The van der Waals surface area contributed by atoms with E-state index in [0.29, 0.717) is 5.82 Å². The van der Waals surface area contributed by atoms with E-state index >= 15 is 0 Å². The molecule has 7 heteroatoms. The highest BCUT2D eigenvalue weighted by atomic mass is 16.1. The van der Waals surface area contributed by atoms with E-state index in [4.69, 9.17) is 17.2 Å². The van der Waals surface area contributed by atoms with E-state index in [1.807, 2.05) is 0 Å². The van der Waals surface area contributed by atoms with E-state index in [1.165, 1.54) is 6.07 Å². The molecule has 0 aromatic carbocycles. The van der Waals surface area contributed by atoms with Crippen LogP contribution in [0.2, 0.25) is 0 Å². The standard InChI is InChI=1S/C7H12N6O/c1-3(6(9)14)11-5-2-4(8)12-7(10)13-5/h2-3H,1H3,(H2,9,14)(H5,8,10,11,12,13). The quantitative estimate of drug-likeness (QED) is 0.486. The van der Waals surface area contributed by atoms with Crippen LogP contribution >= 0.6 is 0 Å². The number of nitrogens with two attached hydrogens (primary N) is 3. The second kappa shape index (κ2) is 3.77. The van der Waals surface area contributed by atoms with Crippen LogP contribution in [0.1, 0.15) is 6.92 Å². The highest BCUT2D eigenvalue weighted by Gasteiger charge is 2.09. The van der Waals surface area contributed by atoms with Crippen molar-refractivity contribution in [1.82, 2.24) is 9.97 Å². The van der Waals surface area contributed by atoms with Gasteiger partial charge >= 0.3 is 0 Å². The lowest BCUT2D eigenvalue weighted by atomic mass is 10.3. The summed E-state index contributed by atoms with van der Waals surface area (Å²) in [6, 6.07) is 0.930. The summed E-state index contributed by atoms with van der Waals surface area (Å²) in [5.41, 5.74) is 15.8. The van der Waals surface area contributed by atoms with Crippen LogP contribution in [0.25, 0.3) is 0 Å². The number of hydrogen-bond acceptors (Lipinski definition) is 6. The molecule has 1 amide bonds. The minimum Gasteiger partial charge on any atom is -0.383 e. The van der Waals surface area contributed by atoms with E-state index in [-0.39, 0.29) is 11.8 Å². The van der Waals surface area contributed by atoms with Gasteiger partial charge < -0.3 is 22.5 Å². The third kappa shape index (κ3) is 2.47. The Kier molecular flexibility index (Phi) is 2.70. The van der Waals surface area contributed by atoms with Gasteiger partial charge in [0, 0.05) is 6.07 Å². The van der Waals surface area contributed by atoms with Gasteiger partial charge in [-0.3, -0.25) is 4.79 Å². The molecule has 14 heavy (non-hydrogen) atoms. The summed E-state index contributed by atoms with van der Waals surface area (Å²) < 4.78 is 0. The normalized spacial score (nSPS) is 12.1. The number of carbonyl (C=O) groups is 1. The number of rotatable bonds is 3. The van der Waals surface area contributed by atoms with Crippen molar-refractivity contribution in [2.75, 3.05) is 16.8 Å². The van der Waals surface area contributed by atoms with Gasteiger partial charge in [0.15, 0.2) is 0 Å². The van der Waals surface area contributed by atoms with Gasteiger partial charge in [-0.15, -0.1) is 0 Å². The number of amides is 1. The van der Waals surface area contributed by atoms with Gasteiger partial charge in [0.05, 0.1) is 0 Å². The summed E-state index contributed by atoms with van der Waals surface area (Å²) in [6.45, 7) is 1.61. The third-order valence-electron chi connectivity index (χ3n) is 1.55. The van der Waals surface area contributed by atoms with E-state index < -0.39 is 11.9 Å². The molecule has 76 valence electrons. The van der Waals surface area contributed by atoms with Crippen LogP contribution in [-0.2, 0) is 4.79 Å². The summed E-state index contributed by atoms with van der Waals surface area (Å²) in [6.07, 6.45) is 0. The number of anilines is 3. The Labute approximate surface area is 80.7 Å². The lowest BCUT2D eigenvalue weighted by Crippen LogP contribution is -2.32. The Hall–Kier alpha value is -2.05. The maximum atomic E-state index is 10.7. The van der Waals surface area contributed by atoms with Crippen molar-refractivity contribution in [3.8, 4) is 0 Å². The van der Waals surface area contributed by atoms with Gasteiger partial charge in [-0.1, -0.05) is 0 Å². The predicted molar refractivity (Wildman–Crippen MR) is 53.1 cm³/mol. The first kappa shape index (κ1) is 10.0. The molecule has 0 spiro atoms. The molecule has 7 nitrogen and oxygen atoms in total.